The molecule has 0 aliphatic rings. The van der Waals surface area contributed by atoms with Gasteiger partial charge in [0.1, 0.15) is 5.75 Å². The van der Waals surface area contributed by atoms with Crippen molar-refractivity contribution in [3.63, 3.8) is 0 Å². The highest BCUT2D eigenvalue weighted by Gasteiger charge is 2.16. The van der Waals surface area contributed by atoms with Gasteiger partial charge in [-0.15, -0.1) is 0 Å². The van der Waals surface area contributed by atoms with Gasteiger partial charge >= 0.3 is 0 Å². The van der Waals surface area contributed by atoms with Gasteiger partial charge < -0.3 is 9.84 Å². The predicted octanol–water partition coefficient (Wildman–Crippen LogP) is 3.05. The molecule has 0 amide bonds. The number of aliphatic hydroxyl groups is 1. The molecule has 17 heavy (non-hydrogen) atoms. The smallest absolute Gasteiger partial charge is 0.125 e. The first kappa shape index (κ1) is 13.4. The van der Waals surface area contributed by atoms with E-state index >= 15 is 0 Å². The molecule has 0 aliphatic heterocycles. The minimum atomic E-state index is -0.390. The van der Waals surface area contributed by atoms with Crippen LogP contribution in [0, 0.1) is 13.8 Å². The average molecular weight is 235 g/mol. The monoisotopic (exact) mass is 235 g/mol. The maximum Gasteiger partial charge on any atom is 0.125 e. The second-order valence-corrected chi connectivity index (χ2v) is 3.94. The molecule has 0 saturated heterocycles. The number of benzene rings is 1. The number of nitrogens with zero attached hydrogens (tertiary/aromatic N) is 3. The minimum Gasteiger partial charge on any atom is -0.496 e. The van der Waals surface area contributed by atoms with Gasteiger partial charge in [-0.05, 0) is 31.4 Å². The number of azide groups is 1. The van der Waals surface area contributed by atoms with Gasteiger partial charge in [-0.3, -0.25) is 0 Å². The molecule has 0 saturated carbocycles. The normalized spacial score (nSPS) is 11.8. The fraction of sp³-hybridized carbons (Fsp3) is 0.500. The van der Waals surface area contributed by atoms with Crippen molar-refractivity contribution in [2.45, 2.75) is 26.3 Å². The Morgan fingerprint density at radius 1 is 1.47 bits per heavy atom. The second kappa shape index (κ2) is 6.13. The number of aryl methyl sites for hydroxylation is 2. The number of rotatable bonds is 5. The molecular formula is C12H17N3O2. The highest BCUT2D eigenvalue weighted by molar-refractivity contribution is 5.45. The third-order valence-electron chi connectivity index (χ3n) is 2.60. The summed E-state index contributed by atoms with van der Waals surface area (Å²) in [5.74, 6) is 0.724. The molecule has 0 aromatic heterocycles. The van der Waals surface area contributed by atoms with Gasteiger partial charge in [0.25, 0.3) is 0 Å². The van der Waals surface area contributed by atoms with Crippen molar-refractivity contribution >= 4 is 0 Å². The van der Waals surface area contributed by atoms with Crippen molar-refractivity contribution in [3.8, 4) is 5.75 Å². The first-order valence-electron chi connectivity index (χ1n) is 5.44. The number of methoxy groups -OCH3 is 1. The lowest BCUT2D eigenvalue weighted by Crippen LogP contribution is -2.03. The van der Waals surface area contributed by atoms with Crippen molar-refractivity contribution in [3.05, 3.63) is 39.3 Å². The number of ether oxygens (including phenoxy) is 1. The standard InChI is InChI=1S/C12H17N3O2/c1-8-6-9(2)12(17-3)10(7-8)11(4-5-16)14-15-13/h6-7,11,16H,4-5H2,1-3H3. The summed E-state index contributed by atoms with van der Waals surface area (Å²) in [6.07, 6.45) is 0.392. The highest BCUT2D eigenvalue weighted by Crippen LogP contribution is 2.33. The largest absolute Gasteiger partial charge is 0.496 e. The van der Waals surface area contributed by atoms with Crippen LogP contribution in [0.3, 0.4) is 0 Å². The molecule has 1 atom stereocenters. The van der Waals surface area contributed by atoms with Crippen molar-refractivity contribution in [1.82, 2.24) is 0 Å². The minimum absolute atomic E-state index is 0.0279. The quantitative estimate of drug-likeness (QED) is 0.483. The Kier molecular flexibility index (Phi) is 4.82. The third-order valence-corrected chi connectivity index (χ3v) is 2.60. The summed E-state index contributed by atoms with van der Waals surface area (Å²) >= 11 is 0. The molecule has 1 N–H and O–H groups in total. The van der Waals surface area contributed by atoms with E-state index in [1.165, 1.54) is 0 Å². The van der Waals surface area contributed by atoms with Crippen LogP contribution in [0.4, 0.5) is 0 Å². The first-order valence-corrected chi connectivity index (χ1v) is 5.44. The van der Waals surface area contributed by atoms with Crippen molar-refractivity contribution in [2.24, 2.45) is 5.11 Å². The van der Waals surface area contributed by atoms with E-state index in [9.17, 15) is 0 Å². The van der Waals surface area contributed by atoms with E-state index in [1.54, 1.807) is 7.11 Å². The van der Waals surface area contributed by atoms with Crippen LogP contribution in [0.2, 0.25) is 0 Å². The van der Waals surface area contributed by atoms with Crippen LogP contribution in [0.25, 0.3) is 10.4 Å². The number of aliphatic hydroxyl groups excluding tert-OH is 1. The highest BCUT2D eigenvalue weighted by atomic mass is 16.5. The molecule has 1 rings (SSSR count). The van der Waals surface area contributed by atoms with E-state index in [0.29, 0.717) is 6.42 Å². The van der Waals surface area contributed by atoms with Gasteiger partial charge in [-0.25, -0.2) is 0 Å². The first-order chi connectivity index (χ1) is 8.13. The molecule has 0 aliphatic carbocycles. The van der Waals surface area contributed by atoms with E-state index in [1.807, 2.05) is 26.0 Å². The van der Waals surface area contributed by atoms with Gasteiger partial charge in [0.05, 0.1) is 13.2 Å². The molecule has 0 fully saturated rings. The summed E-state index contributed by atoms with van der Waals surface area (Å²) in [6.45, 7) is 3.89. The van der Waals surface area contributed by atoms with Crippen molar-refractivity contribution in [2.75, 3.05) is 13.7 Å². The van der Waals surface area contributed by atoms with Gasteiger partial charge in [-0.2, -0.15) is 0 Å². The van der Waals surface area contributed by atoms with Crippen LogP contribution in [-0.2, 0) is 0 Å². The summed E-state index contributed by atoms with van der Waals surface area (Å²) < 4.78 is 5.34. The van der Waals surface area contributed by atoms with Crippen molar-refractivity contribution < 1.29 is 9.84 Å². The van der Waals surface area contributed by atoms with Gasteiger partial charge in [-0.1, -0.05) is 22.8 Å². The van der Waals surface area contributed by atoms with Crippen LogP contribution < -0.4 is 4.74 Å². The molecule has 92 valence electrons. The lowest BCUT2D eigenvalue weighted by molar-refractivity contribution is 0.275. The van der Waals surface area contributed by atoms with Gasteiger partial charge in [0.2, 0.25) is 0 Å². The Balaban J connectivity index is 3.29. The molecule has 5 heteroatoms. The number of hydrogen-bond acceptors (Lipinski definition) is 3. The second-order valence-electron chi connectivity index (χ2n) is 3.94. The summed E-state index contributed by atoms with van der Waals surface area (Å²) in [5.41, 5.74) is 11.5. The van der Waals surface area contributed by atoms with Crippen LogP contribution in [0.15, 0.2) is 17.2 Å². The summed E-state index contributed by atoms with van der Waals surface area (Å²) in [7, 11) is 1.59. The predicted molar refractivity (Wildman–Crippen MR) is 66.1 cm³/mol. The molecule has 1 aromatic rings. The molecule has 5 nitrogen and oxygen atoms in total. The molecule has 0 radical (unpaired) electrons. The third kappa shape index (κ3) is 3.12. The van der Waals surface area contributed by atoms with E-state index in [4.69, 9.17) is 15.4 Å². The van der Waals surface area contributed by atoms with E-state index in [0.717, 1.165) is 22.4 Å². The average Bonchev–Trinajstić information content (AvgIpc) is 2.28. The Hall–Kier alpha value is -1.71. The maximum absolute atomic E-state index is 9.00. The molecular weight excluding hydrogens is 218 g/mol. The summed E-state index contributed by atoms with van der Waals surface area (Å²) in [6, 6.07) is 3.55. The van der Waals surface area contributed by atoms with E-state index in [2.05, 4.69) is 10.0 Å². The maximum atomic E-state index is 9.00. The Morgan fingerprint density at radius 3 is 2.71 bits per heavy atom. The molecule has 1 unspecified atom stereocenters. The van der Waals surface area contributed by atoms with Crippen LogP contribution in [0.1, 0.15) is 29.2 Å². The zero-order chi connectivity index (χ0) is 12.8. The molecule has 0 spiro atoms. The summed E-state index contributed by atoms with van der Waals surface area (Å²) in [5, 5.41) is 12.7. The lowest BCUT2D eigenvalue weighted by Gasteiger charge is -2.17. The molecule has 0 bridgehead atoms. The van der Waals surface area contributed by atoms with Crippen LogP contribution in [-0.4, -0.2) is 18.8 Å². The Labute approximate surface area is 101 Å². The zero-order valence-electron chi connectivity index (χ0n) is 10.3. The lowest BCUT2D eigenvalue weighted by atomic mass is 9.98. The fourth-order valence-electron chi connectivity index (χ4n) is 1.97. The van der Waals surface area contributed by atoms with Crippen molar-refractivity contribution in [1.29, 1.82) is 0 Å². The SMILES string of the molecule is COc1c(C)cc(C)cc1C(CCO)N=[N+]=[N-]. The molecule has 1 aromatic carbocycles. The fourth-order valence-corrected chi connectivity index (χ4v) is 1.97. The Morgan fingerprint density at radius 2 is 2.18 bits per heavy atom. The van der Waals surface area contributed by atoms with E-state index < -0.39 is 6.04 Å². The Bertz CT molecular complexity index is 440. The van der Waals surface area contributed by atoms with E-state index in [-0.39, 0.29) is 6.61 Å². The summed E-state index contributed by atoms with van der Waals surface area (Å²) in [4.78, 5) is 2.82. The number of hydrogen-bond donors (Lipinski definition) is 1. The van der Waals surface area contributed by atoms with Gasteiger partial charge in [0, 0.05) is 17.1 Å². The van der Waals surface area contributed by atoms with Crippen LogP contribution >= 0.6 is 0 Å². The van der Waals surface area contributed by atoms with Gasteiger partial charge in [0.15, 0.2) is 0 Å². The molecule has 0 heterocycles. The van der Waals surface area contributed by atoms with Crippen LogP contribution in [0.5, 0.6) is 5.75 Å². The topological polar surface area (TPSA) is 78.2 Å². The zero-order valence-corrected chi connectivity index (χ0v) is 10.3.